The number of anilines is 2. The Labute approximate surface area is 163 Å². The smallest absolute Gasteiger partial charge is 0.253 e. The molecule has 0 saturated heterocycles. The minimum Gasteiger partial charge on any atom is -0.326 e. The predicted molar refractivity (Wildman–Crippen MR) is 108 cm³/mol. The third-order valence-electron chi connectivity index (χ3n) is 5.56. The summed E-state index contributed by atoms with van der Waals surface area (Å²) in [5, 5.41) is 2.93. The van der Waals surface area contributed by atoms with Gasteiger partial charge in [-0.05, 0) is 49.1 Å². The molecule has 2 aliphatic rings. The molecule has 1 N–H and O–H groups in total. The Morgan fingerprint density at radius 3 is 2.61 bits per heavy atom. The third-order valence-corrected chi connectivity index (χ3v) is 5.56. The summed E-state index contributed by atoms with van der Waals surface area (Å²) in [6.07, 6.45) is 3.05. The Bertz CT molecular complexity index is 1070. The number of fused-ring (bicyclic) bond motifs is 3. The molecule has 2 aromatic carbocycles. The number of carbonyl (C=O) groups excluding carboxylic acids is 2. The number of amides is 2. The SMILES string of the molecule is CCc1ccc(NC(=O)C[C@@H]2C(=O)N(C3CC3)c3nc4ccccc4n32)cc1. The summed E-state index contributed by atoms with van der Waals surface area (Å²) in [7, 11) is 0. The standard InChI is InChI=1S/C22H22N4O2/c1-2-14-7-9-15(10-8-14)23-20(27)13-19-21(28)25(16-11-12-16)22-24-17-5-3-4-6-18(17)26(19)22/h3-10,16,19H,2,11-13H2,1H3,(H,23,27)/t19-/m1/s1. The van der Waals surface area contributed by atoms with Crippen molar-refractivity contribution in [1.29, 1.82) is 0 Å². The summed E-state index contributed by atoms with van der Waals surface area (Å²) in [5.41, 5.74) is 3.73. The fraction of sp³-hybridized carbons (Fsp3) is 0.318. The molecule has 0 spiro atoms. The molecule has 1 fully saturated rings. The van der Waals surface area contributed by atoms with Gasteiger partial charge in [0.1, 0.15) is 6.04 Å². The molecular weight excluding hydrogens is 352 g/mol. The lowest BCUT2D eigenvalue weighted by Crippen LogP contribution is -2.33. The number of imidazole rings is 1. The second kappa shape index (κ2) is 6.48. The van der Waals surface area contributed by atoms with E-state index >= 15 is 0 Å². The van der Waals surface area contributed by atoms with Gasteiger partial charge in [-0.3, -0.25) is 19.1 Å². The highest BCUT2D eigenvalue weighted by Gasteiger charge is 2.47. The van der Waals surface area contributed by atoms with Crippen LogP contribution in [0.15, 0.2) is 48.5 Å². The molecule has 6 nitrogen and oxygen atoms in total. The van der Waals surface area contributed by atoms with Gasteiger partial charge in [0.25, 0.3) is 5.91 Å². The molecule has 1 aliphatic heterocycles. The van der Waals surface area contributed by atoms with Crippen LogP contribution >= 0.6 is 0 Å². The highest BCUT2D eigenvalue weighted by atomic mass is 16.2. The number of nitrogens with zero attached hydrogens (tertiary/aromatic N) is 3. The largest absolute Gasteiger partial charge is 0.326 e. The molecule has 2 amide bonds. The molecule has 1 atom stereocenters. The molecule has 0 radical (unpaired) electrons. The zero-order valence-corrected chi connectivity index (χ0v) is 15.8. The van der Waals surface area contributed by atoms with E-state index in [-0.39, 0.29) is 24.3 Å². The number of hydrogen-bond donors (Lipinski definition) is 1. The van der Waals surface area contributed by atoms with Gasteiger partial charge in [-0.1, -0.05) is 31.2 Å². The Morgan fingerprint density at radius 2 is 1.89 bits per heavy atom. The van der Waals surface area contributed by atoms with E-state index in [2.05, 4.69) is 17.2 Å². The van der Waals surface area contributed by atoms with Gasteiger partial charge in [0.2, 0.25) is 11.9 Å². The number of para-hydroxylation sites is 2. The van der Waals surface area contributed by atoms with Crippen molar-refractivity contribution in [2.75, 3.05) is 10.2 Å². The number of rotatable bonds is 5. The first-order valence-electron chi connectivity index (χ1n) is 9.84. The zero-order valence-electron chi connectivity index (χ0n) is 15.8. The maximum Gasteiger partial charge on any atom is 0.253 e. The minimum atomic E-state index is -0.544. The summed E-state index contributed by atoms with van der Waals surface area (Å²) in [5.74, 6) is 0.495. The number of hydrogen-bond acceptors (Lipinski definition) is 3. The van der Waals surface area contributed by atoms with Gasteiger partial charge < -0.3 is 5.32 Å². The van der Waals surface area contributed by atoms with Crippen molar-refractivity contribution < 1.29 is 9.59 Å². The van der Waals surface area contributed by atoms with Gasteiger partial charge in [-0.15, -0.1) is 0 Å². The summed E-state index contributed by atoms with van der Waals surface area (Å²) in [4.78, 5) is 32.3. The Balaban J connectivity index is 1.43. The monoisotopic (exact) mass is 374 g/mol. The van der Waals surface area contributed by atoms with Crippen LogP contribution in [0.25, 0.3) is 11.0 Å². The van der Waals surface area contributed by atoms with E-state index in [4.69, 9.17) is 0 Å². The van der Waals surface area contributed by atoms with Gasteiger partial charge >= 0.3 is 0 Å². The second-order valence-electron chi connectivity index (χ2n) is 7.53. The van der Waals surface area contributed by atoms with Crippen LogP contribution in [0.1, 0.15) is 37.8 Å². The summed E-state index contributed by atoms with van der Waals surface area (Å²) in [6, 6.07) is 15.3. The summed E-state index contributed by atoms with van der Waals surface area (Å²) in [6.45, 7) is 2.10. The minimum absolute atomic E-state index is 0.0211. The molecule has 2 heterocycles. The molecule has 0 bridgehead atoms. The number of benzene rings is 2. The maximum atomic E-state index is 13.1. The number of nitrogens with one attached hydrogen (secondary N) is 1. The van der Waals surface area contributed by atoms with Crippen molar-refractivity contribution in [2.24, 2.45) is 0 Å². The number of aryl methyl sites for hydroxylation is 1. The van der Waals surface area contributed by atoms with Crippen LogP contribution in [0.4, 0.5) is 11.6 Å². The van der Waals surface area contributed by atoms with E-state index < -0.39 is 6.04 Å². The van der Waals surface area contributed by atoms with Crippen LogP contribution < -0.4 is 10.2 Å². The molecule has 28 heavy (non-hydrogen) atoms. The third kappa shape index (κ3) is 2.76. The van der Waals surface area contributed by atoms with E-state index in [0.717, 1.165) is 36.0 Å². The van der Waals surface area contributed by atoms with Gasteiger partial charge in [0.15, 0.2) is 0 Å². The van der Waals surface area contributed by atoms with Gasteiger partial charge in [0, 0.05) is 11.7 Å². The first-order valence-corrected chi connectivity index (χ1v) is 9.84. The van der Waals surface area contributed by atoms with Crippen molar-refractivity contribution in [2.45, 2.75) is 44.7 Å². The quantitative estimate of drug-likeness (QED) is 0.741. The van der Waals surface area contributed by atoms with Crippen molar-refractivity contribution in [3.63, 3.8) is 0 Å². The van der Waals surface area contributed by atoms with E-state index in [1.54, 1.807) is 4.90 Å². The lowest BCUT2D eigenvalue weighted by Gasteiger charge is -2.15. The van der Waals surface area contributed by atoms with Crippen molar-refractivity contribution in [3.05, 3.63) is 54.1 Å². The fourth-order valence-corrected chi connectivity index (χ4v) is 3.94. The van der Waals surface area contributed by atoms with E-state index in [9.17, 15) is 9.59 Å². The first-order chi connectivity index (χ1) is 13.7. The van der Waals surface area contributed by atoms with Crippen molar-refractivity contribution in [1.82, 2.24) is 9.55 Å². The average Bonchev–Trinajstić information content (AvgIpc) is 3.41. The zero-order chi connectivity index (χ0) is 19.3. The van der Waals surface area contributed by atoms with Crippen molar-refractivity contribution >= 4 is 34.5 Å². The topological polar surface area (TPSA) is 67.2 Å². The molecule has 0 unspecified atom stereocenters. The molecule has 5 rings (SSSR count). The lowest BCUT2D eigenvalue weighted by molar-refractivity contribution is -0.124. The Morgan fingerprint density at radius 1 is 1.14 bits per heavy atom. The van der Waals surface area contributed by atoms with E-state index in [0.29, 0.717) is 5.95 Å². The Kier molecular flexibility index (Phi) is 3.93. The molecule has 1 aromatic heterocycles. The summed E-state index contributed by atoms with van der Waals surface area (Å²) >= 11 is 0. The van der Waals surface area contributed by atoms with Crippen LogP contribution in [-0.4, -0.2) is 27.4 Å². The first kappa shape index (κ1) is 17.0. The highest BCUT2D eigenvalue weighted by molar-refractivity contribution is 6.05. The fourth-order valence-electron chi connectivity index (χ4n) is 3.94. The Hall–Kier alpha value is -3.15. The number of carbonyl (C=O) groups is 2. The van der Waals surface area contributed by atoms with Crippen LogP contribution in [0.3, 0.4) is 0 Å². The average molecular weight is 374 g/mol. The molecule has 3 aromatic rings. The molecule has 142 valence electrons. The summed E-state index contributed by atoms with van der Waals surface area (Å²) < 4.78 is 1.94. The molecule has 6 heteroatoms. The lowest BCUT2D eigenvalue weighted by atomic mass is 10.1. The van der Waals surface area contributed by atoms with Crippen LogP contribution in [0.2, 0.25) is 0 Å². The van der Waals surface area contributed by atoms with Gasteiger partial charge in [-0.2, -0.15) is 0 Å². The van der Waals surface area contributed by atoms with Gasteiger partial charge in [0.05, 0.1) is 17.5 Å². The maximum absolute atomic E-state index is 13.1. The molecule has 1 aliphatic carbocycles. The van der Waals surface area contributed by atoms with E-state index in [1.165, 1.54) is 5.56 Å². The van der Waals surface area contributed by atoms with Crippen LogP contribution in [-0.2, 0) is 16.0 Å². The van der Waals surface area contributed by atoms with Crippen LogP contribution in [0.5, 0.6) is 0 Å². The molecule has 1 saturated carbocycles. The molecular formula is C22H22N4O2. The van der Waals surface area contributed by atoms with Crippen molar-refractivity contribution in [3.8, 4) is 0 Å². The second-order valence-corrected chi connectivity index (χ2v) is 7.53. The van der Waals surface area contributed by atoms with Crippen LogP contribution in [0, 0.1) is 0 Å². The van der Waals surface area contributed by atoms with Gasteiger partial charge in [-0.25, -0.2) is 4.98 Å². The predicted octanol–water partition coefficient (Wildman–Crippen LogP) is 3.68. The number of aromatic nitrogens is 2. The normalized spacial score (nSPS) is 18.5. The highest BCUT2D eigenvalue weighted by Crippen LogP contribution is 2.42. The van der Waals surface area contributed by atoms with E-state index in [1.807, 2.05) is 53.1 Å².